The first-order valence-electron chi connectivity index (χ1n) is 5.14. The van der Waals surface area contributed by atoms with Crippen LogP contribution in [0.25, 0.3) is 11.3 Å². The van der Waals surface area contributed by atoms with E-state index in [0.717, 1.165) is 17.2 Å². The summed E-state index contributed by atoms with van der Waals surface area (Å²) in [6, 6.07) is 8.70. The maximum absolute atomic E-state index is 5.61. The molecule has 0 aliphatic heterocycles. The quantitative estimate of drug-likeness (QED) is 0.836. The lowest BCUT2D eigenvalue weighted by atomic mass is 10.1. The number of rotatable bonds is 2. The molecule has 0 bridgehead atoms. The van der Waals surface area contributed by atoms with Crippen molar-refractivity contribution in [2.75, 3.05) is 5.73 Å². The minimum atomic E-state index is 0.635. The van der Waals surface area contributed by atoms with Crippen molar-refractivity contribution in [2.24, 2.45) is 0 Å². The van der Waals surface area contributed by atoms with Crippen molar-refractivity contribution in [3.8, 4) is 11.3 Å². The third-order valence-electron chi connectivity index (χ3n) is 2.78. The van der Waals surface area contributed by atoms with Crippen LogP contribution in [0.4, 0.5) is 5.13 Å². The Labute approximate surface area is 92.8 Å². The smallest absolute Gasteiger partial charge is 0.180 e. The molecule has 0 atom stereocenters. The van der Waals surface area contributed by atoms with Gasteiger partial charge in [-0.25, -0.2) is 4.98 Å². The molecule has 1 aliphatic carbocycles. The summed E-state index contributed by atoms with van der Waals surface area (Å²) in [6.45, 7) is 0. The minimum absolute atomic E-state index is 0.635. The fraction of sp³-hybridized carbons (Fsp3) is 0.250. The molecule has 0 radical (unpaired) electrons. The third-order valence-corrected chi connectivity index (χ3v) is 3.45. The summed E-state index contributed by atoms with van der Waals surface area (Å²) in [6.07, 6.45) is 2.70. The van der Waals surface area contributed by atoms with E-state index in [4.69, 9.17) is 5.73 Å². The van der Waals surface area contributed by atoms with E-state index in [1.807, 2.05) is 5.38 Å². The average molecular weight is 216 g/mol. The molecule has 2 nitrogen and oxygen atoms in total. The molecule has 0 amide bonds. The highest BCUT2D eigenvalue weighted by atomic mass is 32.1. The molecule has 1 aromatic heterocycles. The van der Waals surface area contributed by atoms with Gasteiger partial charge >= 0.3 is 0 Å². The number of thiazole rings is 1. The van der Waals surface area contributed by atoms with Crippen LogP contribution in [-0.2, 0) is 0 Å². The Kier molecular flexibility index (Phi) is 1.99. The highest BCUT2D eigenvalue weighted by Crippen LogP contribution is 2.40. The normalized spacial score (nSPS) is 15.5. The molecule has 1 saturated carbocycles. The molecular formula is C12H12N2S. The van der Waals surface area contributed by atoms with Gasteiger partial charge in [-0.05, 0) is 24.3 Å². The van der Waals surface area contributed by atoms with Gasteiger partial charge in [-0.3, -0.25) is 0 Å². The number of nitrogens with zero attached hydrogens (tertiary/aromatic N) is 1. The first-order valence-corrected chi connectivity index (χ1v) is 6.02. The molecule has 3 heteroatoms. The maximum atomic E-state index is 5.61. The molecule has 0 saturated heterocycles. The molecule has 3 rings (SSSR count). The molecule has 1 aliphatic rings. The van der Waals surface area contributed by atoms with Crippen molar-refractivity contribution in [1.29, 1.82) is 0 Å². The van der Waals surface area contributed by atoms with E-state index in [1.165, 1.54) is 29.7 Å². The summed E-state index contributed by atoms with van der Waals surface area (Å²) in [5.41, 5.74) is 9.22. The summed E-state index contributed by atoms with van der Waals surface area (Å²) in [5, 5.41) is 2.64. The number of nitrogen functional groups attached to an aromatic ring is 1. The van der Waals surface area contributed by atoms with Crippen molar-refractivity contribution >= 4 is 16.5 Å². The number of nitrogens with two attached hydrogens (primary N) is 1. The first kappa shape index (κ1) is 8.92. The van der Waals surface area contributed by atoms with E-state index < -0.39 is 0 Å². The summed E-state index contributed by atoms with van der Waals surface area (Å²) in [7, 11) is 0. The Bertz CT molecular complexity index is 469. The Morgan fingerprint density at radius 3 is 2.47 bits per heavy atom. The van der Waals surface area contributed by atoms with Crippen LogP contribution >= 0.6 is 11.3 Å². The number of anilines is 1. The maximum Gasteiger partial charge on any atom is 0.180 e. The Balaban J connectivity index is 1.92. The zero-order chi connectivity index (χ0) is 10.3. The number of hydrogen-bond acceptors (Lipinski definition) is 3. The van der Waals surface area contributed by atoms with Crippen LogP contribution in [0.5, 0.6) is 0 Å². The highest BCUT2D eigenvalue weighted by Gasteiger charge is 2.22. The van der Waals surface area contributed by atoms with Gasteiger partial charge in [0.15, 0.2) is 5.13 Å². The average Bonchev–Trinajstić information content (AvgIpc) is 3.02. The second-order valence-electron chi connectivity index (χ2n) is 3.97. The monoisotopic (exact) mass is 216 g/mol. The summed E-state index contributed by atoms with van der Waals surface area (Å²) in [5.74, 6) is 0.819. The topological polar surface area (TPSA) is 38.9 Å². The molecule has 1 heterocycles. The lowest BCUT2D eigenvalue weighted by Gasteiger charge is -1.99. The molecule has 2 aromatic rings. The molecule has 1 aromatic carbocycles. The minimum Gasteiger partial charge on any atom is -0.375 e. The summed E-state index contributed by atoms with van der Waals surface area (Å²) >= 11 is 1.49. The van der Waals surface area contributed by atoms with E-state index in [9.17, 15) is 0 Å². The number of hydrogen-bond donors (Lipinski definition) is 1. The molecule has 15 heavy (non-hydrogen) atoms. The molecule has 0 unspecified atom stereocenters. The van der Waals surface area contributed by atoms with Gasteiger partial charge in [-0.15, -0.1) is 11.3 Å². The van der Waals surface area contributed by atoms with Crippen molar-refractivity contribution in [1.82, 2.24) is 4.98 Å². The van der Waals surface area contributed by atoms with E-state index in [1.54, 1.807) is 0 Å². The second kappa shape index (κ2) is 3.35. The van der Waals surface area contributed by atoms with Crippen LogP contribution in [0.1, 0.15) is 24.3 Å². The number of aromatic nitrogens is 1. The van der Waals surface area contributed by atoms with Crippen molar-refractivity contribution in [2.45, 2.75) is 18.8 Å². The Morgan fingerprint density at radius 2 is 1.93 bits per heavy atom. The number of benzene rings is 1. The van der Waals surface area contributed by atoms with Gasteiger partial charge in [0.1, 0.15) is 0 Å². The molecule has 76 valence electrons. The Hall–Kier alpha value is -1.35. The fourth-order valence-corrected chi connectivity index (χ4v) is 2.34. The highest BCUT2D eigenvalue weighted by molar-refractivity contribution is 7.13. The first-order chi connectivity index (χ1) is 7.33. The van der Waals surface area contributed by atoms with E-state index in [2.05, 4.69) is 29.2 Å². The summed E-state index contributed by atoms with van der Waals surface area (Å²) < 4.78 is 0. The van der Waals surface area contributed by atoms with Crippen LogP contribution in [0.3, 0.4) is 0 Å². The van der Waals surface area contributed by atoms with E-state index >= 15 is 0 Å². The van der Waals surface area contributed by atoms with E-state index in [-0.39, 0.29) is 0 Å². The second-order valence-corrected chi connectivity index (χ2v) is 4.86. The third kappa shape index (κ3) is 1.75. The van der Waals surface area contributed by atoms with Gasteiger partial charge in [0.05, 0.1) is 5.69 Å². The van der Waals surface area contributed by atoms with Crippen molar-refractivity contribution in [3.05, 3.63) is 35.2 Å². The zero-order valence-electron chi connectivity index (χ0n) is 8.31. The lowest BCUT2D eigenvalue weighted by Crippen LogP contribution is -1.84. The van der Waals surface area contributed by atoms with Crippen LogP contribution in [0, 0.1) is 0 Å². The molecule has 0 spiro atoms. The predicted octanol–water partition coefficient (Wildman–Crippen LogP) is 3.27. The van der Waals surface area contributed by atoms with Gasteiger partial charge in [-0.1, -0.05) is 24.3 Å². The van der Waals surface area contributed by atoms with Crippen molar-refractivity contribution in [3.63, 3.8) is 0 Å². The van der Waals surface area contributed by atoms with Gasteiger partial charge in [0.2, 0.25) is 0 Å². The van der Waals surface area contributed by atoms with Gasteiger partial charge in [-0.2, -0.15) is 0 Å². The van der Waals surface area contributed by atoms with Crippen LogP contribution in [0.2, 0.25) is 0 Å². The van der Waals surface area contributed by atoms with Crippen LogP contribution in [-0.4, -0.2) is 4.98 Å². The summed E-state index contributed by atoms with van der Waals surface area (Å²) in [4.78, 5) is 4.27. The Morgan fingerprint density at radius 1 is 1.20 bits per heavy atom. The van der Waals surface area contributed by atoms with Gasteiger partial charge in [0, 0.05) is 10.9 Å². The predicted molar refractivity (Wildman–Crippen MR) is 63.9 cm³/mol. The lowest BCUT2D eigenvalue weighted by molar-refractivity contribution is 1.13. The van der Waals surface area contributed by atoms with Crippen LogP contribution in [0.15, 0.2) is 29.6 Å². The van der Waals surface area contributed by atoms with Crippen LogP contribution < -0.4 is 5.73 Å². The van der Waals surface area contributed by atoms with Gasteiger partial charge in [0.25, 0.3) is 0 Å². The largest absolute Gasteiger partial charge is 0.375 e. The molecule has 2 N–H and O–H groups in total. The zero-order valence-corrected chi connectivity index (χ0v) is 9.13. The SMILES string of the molecule is Nc1nc(-c2ccc(C3CC3)cc2)cs1. The van der Waals surface area contributed by atoms with E-state index in [0.29, 0.717) is 5.13 Å². The fourth-order valence-electron chi connectivity index (χ4n) is 1.76. The molecular weight excluding hydrogens is 204 g/mol. The molecule has 1 fully saturated rings. The standard InChI is InChI=1S/C12H12N2S/c13-12-14-11(7-15-12)10-5-3-9(4-6-10)8-1-2-8/h3-8H,1-2H2,(H2,13,14). The van der Waals surface area contributed by atoms with Gasteiger partial charge < -0.3 is 5.73 Å². The van der Waals surface area contributed by atoms with Crippen molar-refractivity contribution < 1.29 is 0 Å².